The maximum Gasteiger partial charge on any atom is 0.211 e. The molecule has 0 fully saturated rings. The number of carbonyl (C=O) groups excluding carboxylic acids is 1. The zero-order chi connectivity index (χ0) is 23.3. The summed E-state index contributed by atoms with van der Waals surface area (Å²) in [5, 5.41) is 0.0716. The summed E-state index contributed by atoms with van der Waals surface area (Å²) in [6.45, 7) is 2.57. The number of nitrogens with one attached hydrogen (secondary N) is 1. The molecule has 0 aliphatic heterocycles. The first-order valence-electron chi connectivity index (χ1n) is 12.7. The van der Waals surface area contributed by atoms with Crippen LogP contribution in [-0.4, -0.2) is 31.6 Å². The van der Waals surface area contributed by atoms with Gasteiger partial charge in [0.05, 0.1) is 5.75 Å². The lowest BCUT2D eigenvalue weighted by Crippen LogP contribution is -2.28. The van der Waals surface area contributed by atoms with Gasteiger partial charge >= 0.3 is 0 Å². The summed E-state index contributed by atoms with van der Waals surface area (Å²) in [5.74, 6) is 0.664. The van der Waals surface area contributed by atoms with E-state index in [4.69, 9.17) is 0 Å². The molecule has 1 rings (SSSR count). The number of sulfonamides is 1. The van der Waals surface area contributed by atoms with Crippen LogP contribution in [0.4, 0.5) is 0 Å². The quantitative estimate of drug-likeness (QED) is 0.193. The molecule has 4 nitrogen and oxygen atoms in total. The van der Waals surface area contributed by atoms with E-state index in [-0.39, 0.29) is 10.9 Å². The van der Waals surface area contributed by atoms with E-state index in [2.05, 4.69) is 11.6 Å². The molecule has 0 saturated carbocycles. The molecule has 0 unspecified atom stereocenters. The summed E-state index contributed by atoms with van der Waals surface area (Å²) in [6.07, 6.45) is 18.0. The second-order valence-electron chi connectivity index (χ2n) is 8.69. The lowest BCUT2D eigenvalue weighted by atomic mass is 10.0. The van der Waals surface area contributed by atoms with E-state index in [0.717, 1.165) is 18.4 Å². The highest BCUT2D eigenvalue weighted by Gasteiger charge is 2.10. The number of rotatable bonds is 21. The van der Waals surface area contributed by atoms with Crippen LogP contribution in [-0.2, 0) is 21.2 Å². The van der Waals surface area contributed by atoms with E-state index in [9.17, 15) is 13.2 Å². The Hall–Kier alpha value is -0.850. The standard InChI is InChI=1S/C26H45NO3S2/c1-2-3-4-5-6-7-8-9-10-11-12-13-14-18-23-32(29,30)27-21-22-31-26(28)24-25-19-16-15-17-20-25/h15-17,19-20,27H,2-14,18,21-24H2,1H3. The third-order valence-corrected chi connectivity index (χ3v) is 7.99. The van der Waals surface area contributed by atoms with Crippen molar-refractivity contribution in [1.82, 2.24) is 4.72 Å². The molecule has 6 heteroatoms. The van der Waals surface area contributed by atoms with E-state index in [1.807, 2.05) is 30.3 Å². The third-order valence-electron chi connectivity index (χ3n) is 5.64. The number of benzene rings is 1. The Kier molecular flexibility index (Phi) is 17.9. The average molecular weight is 484 g/mol. The molecule has 0 radical (unpaired) electrons. The molecule has 0 aliphatic rings. The van der Waals surface area contributed by atoms with Crippen LogP contribution in [0.25, 0.3) is 0 Å². The molecule has 0 bridgehead atoms. The second kappa shape index (κ2) is 19.6. The molecule has 0 spiro atoms. The minimum atomic E-state index is -3.23. The average Bonchev–Trinajstić information content (AvgIpc) is 2.77. The first-order valence-corrected chi connectivity index (χ1v) is 15.3. The van der Waals surface area contributed by atoms with Crippen LogP contribution >= 0.6 is 11.8 Å². The van der Waals surface area contributed by atoms with Crippen molar-refractivity contribution in [2.75, 3.05) is 18.1 Å². The van der Waals surface area contributed by atoms with Crippen molar-refractivity contribution in [3.63, 3.8) is 0 Å². The van der Waals surface area contributed by atoms with Crippen LogP contribution in [0.1, 0.15) is 102 Å². The summed E-state index contributed by atoms with van der Waals surface area (Å²) in [4.78, 5) is 11.9. The molecule has 0 aromatic heterocycles. The van der Waals surface area contributed by atoms with Crippen LogP contribution in [0.2, 0.25) is 0 Å². The number of carbonyl (C=O) groups is 1. The molecule has 0 atom stereocenters. The Labute approximate surface area is 201 Å². The van der Waals surface area contributed by atoms with Crippen molar-refractivity contribution in [2.24, 2.45) is 0 Å². The van der Waals surface area contributed by atoms with E-state index in [1.54, 1.807) is 0 Å². The van der Waals surface area contributed by atoms with E-state index >= 15 is 0 Å². The molecule has 1 aromatic rings. The van der Waals surface area contributed by atoms with Gasteiger partial charge in [-0.05, 0) is 12.0 Å². The Balaban J connectivity index is 1.90. The smallest absolute Gasteiger partial charge is 0.211 e. The molecular weight excluding hydrogens is 438 g/mol. The van der Waals surface area contributed by atoms with Gasteiger partial charge in [-0.3, -0.25) is 4.79 Å². The fraction of sp³-hybridized carbons (Fsp3) is 0.731. The first kappa shape index (κ1) is 29.2. The zero-order valence-electron chi connectivity index (χ0n) is 20.2. The van der Waals surface area contributed by atoms with Crippen molar-refractivity contribution in [2.45, 2.75) is 103 Å². The molecule has 0 amide bonds. The summed E-state index contributed by atoms with van der Waals surface area (Å²) >= 11 is 1.19. The minimum Gasteiger partial charge on any atom is -0.287 e. The molecule has 1 N–H and O–H groups in total. The third kappa shape index (κ3) is 17.7. The summed E-state index contributed by atoms with van der Waals surface area (Å²) in [7, 11) is -3.23. The normalized spacial score (nSPS) is 11.7. The Morgan fingerprint density at radius 1 is 0.781 bits per heavy atom. The molecule has 0 aliphatic carbocycles. The van der Waals surface area contributed by atoms with Gasteiger partial charge in [0.25, 0.3) is 0 Å². The van der Waals surface area contributed by atoms with Crippen LogP contribution in [0.15, 0.2) is 30.3 Å². The highest BCUT2D eigenvalue weighted by Crippen LogP contribution is 2.13. The van der Waals surface area contributed by atoms with Gasteiger partial charge < -0.3 is 0 Å². The van der Waals surface area contributed by atoms with Crippen molar-refractivity contribution in [3.8, 4) is 0 Å². The highest BCUT2D eigenvalue weighted by molar-refractivity contribution is 8.13. The summed E-state index contributed by atoms with van der Waals surface area (Å²) in [5.41, 5.74) is 0.989. The zero-order valence-corrected chi connectivity index (χ0v) is 21.8. The van der Waals surface area contributed by atoms with Gasteiger partial charge in [-0.2, -0.15) is 0 Å². The first-order chi connectivity index (χ1) is 15.5. The summed E-state index contributed by atoms with van der Waals surface area (Å²) < 4.78 is 26.8. The van der Waals surface area contributed by atoms with Gasteiger partial charge in [-0.15, -0.1) is 0 Å². The molecule has 0 saturated heterocycles. The van der Waals surface area contributed by atoms with E-state index < -0.39 is 10.0 Å². The van der Waals surface area contributed by atoms with Gasteiger partial charge in [0.15, 0.2) is 5.12 Å². The van der Waals surface area contributed by atoms with Gasteiger partial charge in [-0.1, -0.05) is 132 Å². The van der Waals surface area contributed by atoms with Crippen LogP contribution in [0.3, 0.4) is 0 Å². The van der Waals surface area contributed by atoms with Crippen LogP contribution < -0.4 is 4.72 Å². The molecule has 32 heavy (non-hydrogen) atoms. The van der Waals surface area contributed by atoms with E-state index in [1.165, 1.54) is 82.4 Å². The number of hydrogen-bond acceptors (Lipinski definition) is 4. The fourth-order valence-electron chi connectivity index (χ4n) is 3.73. The number of thioether (sulfide) groups is 1. The van der Waals surface area contributed by atoms with Gasteiger partial charge in [0.1, 0.15) is 0 Å². The number of unbranched alkanes of at least 4 members (excludes halogenated alkanes) is 13. The molecule has 184 valence electrons. The maximum atomic E-state index is 12.1. The molecular formula is C26H45NO3S2. The monoisotopic (exact) mass is 483 g/mol. The Morgan fingerprint density at radius 2 is 1.28 bits per heavy atom. The van der Waals surface area contributed by atoms with Crippen molar-refractivity contribution >= 4 is 26.9 Å². The van der Waals surface area contributed by atoms with E-state index in [0.29, 0.717) is 25.1 Å². The molecule has 0 heterocycles. The Bertz CT molecular complexity index is 678. The largest absolute Gasteiger partial charge is 0.287 e. The van der Waals surface area contributed by atoms with Gasteiger partial charge in [0, 0.05) is 18.7 Å². The fourth-order valence-corrected chi connectivity index (χ4v) is 5.71. The predicted octanol–water partition coefficient (Wildman–Crippen LogP) is 6.89. The topological polar surface area (TPSA) is 63.2 Å². The van der Waals surface area contributed by atoms with Crippen molar-refractivity contribution in [3.05, 3.63) is 35.9 Å². The number of hydrogen-bond donors (Lipinski definition) is 1. The maximum absolute atomic E-state index is 12.1. The van der Waals surface area contributed by atoms with Gasteiger partial charge in [-0.25, -0.2) is 13.1 Å². The lowest BCUT2D eigenvalue weighted by Gasteiger charge is -2.07. The summed E-state index contributed by atoms with van der Waals surface area (Å²) in [6, 6.07) is 9.61. The van der Waals surface area contributed by atoms with Gasteiger partial charge in [0.2, 0.25) is 10.0 Å². The predicted molar refractivity (Wildman–Crippen MR) is 140 cm³/mol. The minimum absolute atomic E-state index is 0.0716. The highest BCUT2D eigenvalue weighted by atomic mass is 32.2. The SMILES string of the molecule is CCCCCCCCCCCCCCCCS(=O)(=O)NCCSC(=O)Cc1ccccc1. The Morgan fingerprint density at radius 3 is 1.81 bits per heavy atom. The second-order valence-corrected chi connectivity index (χ2v) is 11.8. The van der Waals surface area contributed by atoms with Crippen LogP contribution in [0.5, 0.6) is 0 Å². The van der Waals surface area contributed by atoms with Crippen molar-refractivity contribution < 1.29 is 13.2 Å². The molecule has 1 aromatic carbocycles. The van der Waals surface area contributed by atoms with Crippen molar-refractivity contribution in [1.29, 1.82) is 0 Å². The lowest BCUT2D eigenvalue weighted by molar-refractivity contribution is -0.110. The van der Waals surface area contributed by atoms with Crippen LogP contribution in [0, 0.1) is 0 Å².